The fraction of sp³-hybridized carbons (Fsp3) is 0.538. The van der Waals surface area contributed by atoms with Crippen molar-refractivity contribution < 1.29 is 9.32 Å². The Labute approximate surface area is 191 Å². The van der Waals surface area contributed by atoms with E-state index in [1.165, 1.54) is 25.7 Å². The Morgan fingerprint density at radius 2 is 1.52 bits per heavy atom. The molecule has 172 valence electrons. The summed E-state index contributed by atoms with van der Waals surface area (Å²) in [5, 5.41) is 14.0. The van der Waals surface area contributed by atoms with Gasteiger partial charge in [-0.2, -0.15) is 0 Å². The Kier molecular flexibility index (Phi) is 11.7. The molecule has 0 radical (unpaired) electrons. The van der Waals surface area contributed by atoms with Crippen molar-refractivity contribution in [1.29, 1.82) is 0 Å². The van der Waals surface area contributed by atoms with Crippen molar-refractivity contribution in [3.63, 3.8) is 0 Å². The highest BCUT2D eigenvalue weighted by Crippen LogP contribution is 2.23. The van der Waals surface area contributed by atoms with E-state index in [4.69, 9.17) is 0 Å². The van der Waals surface area contributed by atoms with Gasteiger partial charge < -0.3 is 15.3 Å². The highest BCUT2D eigenvalue weighted by atomic mass is 32.2. The van der Waals surface area contributed by atoms with E-state index in [-0.39, 0.29) is 6.04 Å². The van der Waals surface area contributed by atoms with Gasteiger partial charge in [-0.15, -0.1) is 0 Å². The molecule has 2 atom stereocenters. The van der Waals surface area contributed by atoms with Crippen LogP contribution in [0.15, 0.2) is 54.6 Å². The van der Waals surface area contributed by atoms with Gasteiger partial charge in [0.1, 0.15) is 0 Å². The van der Waals surface area contributed by atoms with E-state index in [1.54, 1.807) is 0 Å². The molecule has 0 heterocycles. The molecule has 0 aliphatic carbocycles. The Morgan fingerprint density at radius 1 is 0.903 bits per heavy atom. The second-order valence-electron chi connectivity index (χ2n) is 8.52. The zero-order chi connectivity index (χ0) is 22.5. The molecule has 0 aliphatic heterocycles. The van der Waals surface area contributed by atoms with Crippen LogP contribution in [0.5, 0.6) is 0 Å². The Morgan fingerprint density at radius 3 is 2.16 bits per heavy atom. The summed E-state index contributed by atoms with van der Waals surface area (Å²) in [5.41, 5.74) is 3.15. The lowest BCUT2D eigenvalue weighted by atomic mass is 10.1. The van der Waals surface area contributed by atoms with Crippen molar-refractivity contribution in [3.8, 4) is 0 Å². The number of aliphatic hydroxyl groups is 1. The van der Waals surface area contributed by atoms with Gasteiger partial charge in [0.05, 0.1) is 11.9 Å². The molecule has 0 aliphatic rings. The van der Waals surface area contributed by atoms with Crippen molar-refractivity contribution >= 4 is 27.9 Å². The second-order valence-corrected chi connectivity index (χ2v) is 10.1. The van der Waals surface area contributed by atoms with Gasteiger partial charge in [0, 0.05) is 46.2 Å². The quantitative estimate of drug-likeness (QED) is 0.325. The van der Waals surface area contributed by atoms with Crippen molar-refractivity contribution in [2.24, 2.45) is 0 Å². The number of rotatable bonds is 15. The first-order valence-corrected chi connectivity index (χ1v) is 13.2. The van der Waals surface area contributed by atoms with Crippen LogP contribution in [0.2, 0.25) is 0 Å². The van der Waals surface area contributed by atoms with Gasteiger partial charge >= 0.3 is 0 Å². The minimum absolute atomic E-state index is 0.245. The topological polar surface area (TPSA) is 52.6 Å². The Hall–Kier alpha value is -1.85. The van der Waals surface area contributed by atoms with Crippen LogP contribution in [0.3, 0.4) is 0 Å². The zero-order valence-electron chi connectivity index (χ0n) is 19.4. The van der Waals surface area contributed by atoms with Gasteiger partial charge in [-0.3, -0.25) is 4.21 Å². The van der Waals surface area contributed by atoms with Gasteiger partial charge in [-0.1, -0.05) is 57.2 Å². The SMILES string of the molecule is CCCCCCCCS(=O)CC(O)CN(c1ccc(Nc2ccccc2)cc1)C(C)C. The highest BCUT2D eigenvalue weighted by molar-refractivity contribution is 7.85. The summed E-state index contributed by atoms with van der Waals surface area (Å²) in [5.74, 6) is 1.05. The molecule has 0 saturated carbocycles. The van der Waals surface area contributed by atoms with E-state index in [2.05, 4.69) is 55.3 Å². The molecule has 0 fully saturated rings. The van der Waals surface area contributed by atoms with Crippen LogP contribution in [0.25, 0.3) is 0 Å². The maximum absolute atomic E-state index is 12.4. The Balaban J connectivity index is 1.82. The van der Waals surface area contributed by atoms with Crippen LogP contribution >= 0.6 is 0 Å². The van der Waals surface area contributed by atoms with E-state index < -0.39 is 16.9 Å². The van der Waals surface area contributed by atoms with E-state index >= 15 is 0 Å². The normalized spacial score (nSPS) is 13.2. The molecule has 0 amide bonds. The Bertz CT molecular complexity index is 750. The highest BCUT2D eigenvalue weighted by Gasteiger charge is 2.17. The summed E-state index contributed by atoms with van der Waals surface area (Å²) in [6.07, 6.45) is 6.58. The van der Waals surface area contributed by atoms with Gasteiger partial charge in [-0.05, 0) is 56.7 Å². The lowest BCUT2D eigenvalue weighted by Gasteiger charge is -2.31. The molecule has 4 nitrogen and oxygen atoms in total. The lowest BCUT2D eigenvalue weighted by Crippen LogP contribution is -2.39. The fourth-order valence-corrected chi connectivity index (χ4v) is 4.89. The first-order chi connectivity index (χ1) is 15.0. The monoisotopic (exact) mass is 444 g/mol. The lowest BCUT2D eigenvalue weighted by molar-refractivity contribution is 0.201. The van der Waals surface area contributed by atoms with Gasteiger partial charge in [-0.25, -0.2) is 0 Å². The minimum Gasteiger partial charge on any atom is -0.390 e. The molecule has 2 aromatic rings. The van der Waals surface area contributed by atoms with Gasteiger partial charge in [0.25, 0.3) is 0 Å². The molecule has 0 saturated heterocycles. The van der Waals surface area contributed by atoms with Crippen molar-refractivity contribution in [1.82, 2.24) is 0 Å². The molecule has 0 aromatic heterocycles. The number of hydrogen-bond donors (Lipinski definition) is 2. The smallest absolute Gasteiger partial charge is 0.0830 e. The van der Waals surface area contributed by atoms with Crippen molar-refractivity contribution in [2.45, 2.75) is 71.4 Å². The molecule has 2 N–H and O–H groups in total. The first kappa shape index (κ1) is 25.4. The molecule has 2 aromatic carbocycles. The number of benzene rings is 2. The first-order valence-electron chi connectivity index (χ1n) is 11.7. The molecule has 2 rings (SSSR count). The maximum Gasteiger partial charge on any atom is 0.0830 e. The van der Waals surface area contributed by atoms with E-state index in [9.17, 15) is 9.32 Å². The van der Waals surface area contributed by atoms with Crippen LogP contribution in [0.1, 0.15) is 59.3 Å². The van der Waals surface area contributed by atoms with Crippen LogP contribution < -0.4 is 10.2 Å². The molecular formula is C26H40N2O2S. The molecular weight excluding hydrogens is 404 g/mol. The largest absolute Gasteiger partial charge is 0.390 e. The number of unbranched alkanes of at least 4 members (excludes halogenated alkanes) is 5. The van der Waals surface area contributed by atoms with Crippen molar-refractivity contribution in [2.75, 3.05) is 28.3 Å². The number of anilines is 3. The average molecular weight is 445 g/mol. The third-order valence-electron chi connectivity index (χ3n) is 5.40. The predicted molar refractivity (Wildman–Crippen MR) is 136 cm³/mol. The summed E-state index contributed by atoms with van der Waals surface area (Å²) in [6, 6.07) is 18.6. The number of nitrogens with zero attached hydrogens (tertiary/aromatic N) is 1. The molecule has 0 spiro atoms. The molecule has 5 heteroatoms. The summed E-state index contributed by atoms with van der Waals surface area (Å²) < 4.78 is 12.4. The predicted octanol–water partition coefficient (Wildman–Crippen LogP) is 6.12. The van der Waals surface area contributed by atoms with Crippen LogP contribution in [-0.2, 0) is 10.8 Å². The van der Waals surface area contributed by atoms with Crippen LogP contribution in [0, 0.1) is 0 Å². The number of hydrogen-bond acceptors (Lipinski definition) is 4. The van der Waals surface area contributed by atoms with Gasteiger partial charge in [0.15, 0.2) is 0 Å². The molecule has 0 bridgehead atoms. The zero-order valence-corrected chi connectivity index (χ0v) is 20.2. The average Bonchev–Trinajstić information content (AvgIpc) is 2.76. The van der Waals surface area contributed by atoms with E-state index in [0.29, 0.717) is 18.1 Å². The number of nitrogens with one attached hydrogen (secondary N) is 1. The second kappa shape index (κ2) is 14.3. The number of para-hydroxylation sites is 1. The molecule has 31 heavy (non-hydrogen) atoms. The summed E-state index contributed by atoms with van der Waals surface area (Å²) >= 11 is 0. The number of aliphatic hydroxyl groups excluding tert-OH is 1. The van der Waals surface area contributed by atoms with Gasteiger partial charge in [0.2, 0.25) is 0 Å². The standard InChI is InChI=1S/C26H40N2O2S/c1-4-5-6-7-8-12-19-31(30)21-26(29)20-28(22(2)3)25-17-15-24(16-18-25)27-23-13-10-9-11-14-23/h9-11,13-18,22,26-27,29H,4-8,12,19-21H2,1-3H3. The summed E-state index contributed by atoms with van der Waals surface area (Å²) in [6.45, 7) is 6.95. The molecule has 2 unspecified atom stereocenters. The third-order valence-corrected chi connectivity index (χ3v) is 6.90. The third kappa shape index (κ3) is 9.88. The summed E-state index contributed by atoms with van der Waals surface area (Å²) in [7, 11) is -0.956. The van der Waals surface area contributed by atoms with E-state index in [0.717, 1.165) is 29.9 Å². The fourth-order valence-electron chi connectivity index (χ4n) is 3.66. The van der Waals surface area contributed by atoms with E-state index in [1.807, 2.05) is 30.3 Å². The van der Waals surface area contributed by atoms with Crippen LogP contribution in [-0.4, -0.2) is 39.5 Å². The van der Waals surface area contributed by atoms with Crippen molar-refractivity contribution in [3.05, 3.63) is 54.6 Å². The van der Waals surface area contributed by atoms with Crippen LogP contribution in [0.4, 0.5) is 17.1 Å². The summed E-state index contributed by atoms with van der Waals surface area (Å²) in [4.78, 5) is 2.18. The maximum atomic E-state index is 12.4. The minimum atomic E-state index is -0.956.